The van der Waals surface area contributed by atoms with Crippen LogP contribution in [-0.4, -0.2) is 27.9 Å². The lowest BCUT2D eigenvalue weighted by Crippen LogP contribution is -2.32. The van der Waals surface area contributed by atoms with Crippen LogP contribution < -0.4 is 5.32 Å². The van der Waals surface area contributed by atoms with Crippen molar-refractivity contribution in [1.82, 2.24) is 9.97 Å². The number of H-pyrrole nitrogens is 1. The van der Waals surface area contributed by atoms with Crippen molar-refractivity contribution in [2.45, 2.75) is 33.3 Å². The molecule has 1 amide bonds. The first-order valence-corrected chi connectivity index (χ1v) is 8.50. The van der Waals surface area contributed by atoms with E-state index in [1.807, 2.05) is 32.0 Å². The van der Waals surface area contributed by atoms with Gasteiger partial charge in [-0.2, -0.15) is 0 Å². The number of rotatable bonds is 5. The van der Waals surface area contributed by atoms with Gasteiger partial charge < -0.3 is 15.0 Å². The number of imidazole rings is 1. The molecule has 134 valence electrons. The highest BCUT2D eigenvalue weighted by atomic mass is 16.5. The van der Waals surface area contributed by atoms with E-state index in [0.29, 0.717) is 12.0 Å². The summed E-state index contributed by atoms with van der Waals surface area (Å²) in [5.74, 6) is -0.873. The number of ether oxygens (including phenoxy) is 1. The lowest BCUT2D eigenvalue weighted by Gasteiger charge is -2.17. The Morgan fingerprint density at radius 2 is 2.00 bits per heavy atom. The number of aromatic nitrogens is 2. The maximum absolute atomic E-state index is 12.5. The normalized spacial score (nSPS) is 12.0. The highest BCUT2D eigenvalue weighted by Crippen LogP contribution is 2.18. The Kier molecular flexibility index (Phi) is 5.02. The van der Waals surface area contributed by atoms with Crippen molar-refractivity contribution >= 4 is 28.6 Å². The van der Waals surface area contributed by atoms with Crippen LogP contribution in [0.15, 0.2) is 42.7 Å². The molecule has 0 aliphatic carbocycles. The molecule has 0 saturated carbocycles. The van der Waals surface area contributed by atoms with Crippen molar-refractivity contribution in [1.29, 1.82) is 0 Å². The summed E-state index contributed by atoms with van der Waals surface area (Å²) < 4.78 is 5.43. The van der Waals surface area contributed by atoms with Crippen molar-refractivity contribution in [3.05, 3.63) is 59.4 Å². The van der Waals surface area contributed by atoms with Crippen molar-refractivity contribution in [3.8, 4) is 0 Å². The van der Waals surface area contributed by atoms with E-state index < -0.39 is 12.1 Å². The lowest BCUT2D eigenvalue weighted by atomic mass is 10.1. The second kappa shape index (κ2) is 7.39. The molecule has 1 unspecified atom stereocenters. The Labute approximate surface area is 151 Å². The van der Waals surface area contributed by atoms with E-state index in [-0.39, 0.29) is 5.91 Å². The van der Waals surface area contributed by atoms with Gasteiger partial charge in [-0.25, -0.2) is 9.78 Å². The van der Waals surface area contributed by atoms with Gasteiger partial charge >= 0.3 is 5.97 Å². The van der Waals surface area contributed by atoms with E-state index in [0.717, 1.165) is 27.8 Å². The third kappa shape index (κ3) is 3.74. The molecular weight excluding hydrogens is 330 g/mol. The summed E-state index contributed by atoms with van der Waals surface area (Å²) in [4.78, 5) is 32.0. The number of hydrogen-bond acceptors (Lipinski definition) is 4. The van der Waals surface area contributed by atoms with Gasteiger partial charge in [-0.3, -0.25) is 4.79 Å². The van der Waals surface area contributed by atoms with E-state index in [9.17, 15) is 9.59 Å². The molecule has 3 aromatic rings. The minimum atomic E-state index is -0.861. The number of aryl methyl sites for hydroxylation is 2. The molecule has 1 heterocycles. The molecule has 0 spiro atoms. The molecule has 6 nitrogen and oxygen atoms in total. The number of benzene rings is 2. The predicted molar refractivity (Wildman–Crippen MR) is 100 cm³/mol. The standard InChI is InChI=1S/C20H21N3O3/c1-4-18(19(24)23-16-9-12(2)5-6-13(16)3)26-20(25)14-7-8-15-17(10-14)22-11-21-15/h5-11,18H,4H2,1-3H3,(H,21,22)(H,23,24). The SMILES string of the molecule is CCC(OC(=O)c1ccc2nc[nH]c2c1)C(=O)Nc1cc(C)ccc1C. The first-order chi connectivity index (χ1) is 12.5. The van der Waals surface area contributed by atoms with Gasteiger partial charge in [0.1, 0.15) is 0 Å². The van der Waals surface area contributed by atoms with Crippen LogP contribution in [-0.2, 0) is 9.53 Å². The third-order valence-corrected chi connectivity index (χ3v) is 4.22. The van der Waals surface area contributed by atoms with Gasteiger partial charge in [0.15, 0.2) is 6.10 Å². The summed E-state index contributed by atoms with van der Waals surface area (Å²) >= 11 is 0. The smallest absolute Gasteiger partial charge is 0.338 e. The van der Waals surface area contributed by atoms with E-state index in [1.165, 1.54) is 0 Å². The number of hydrogen-bond donors (Lipinski definition) is 2. The fourth-order valence-electron chi connectivity index (χ4n) is 2.67. The van der Waals surface area contributed by atoms with Crippen molar-refractivity contribution < 1.29 is 14.3 Å². The molecule has 0 aliphatic rings. The highest BCUT2D eigenvalue weighted by Gasteiger charge is 2.23. The summed E-state index contributed by atoms with van der Waals surface area (Å²) in [7, 11) is 0. The quantitative estimate of drug-likeness (QED) is 0.686. The van der Waals surface area contributed by atoms with Crippen LogP contribution in [0.3, 0.4) is 0 Å². The number of carbonyl (C=O) groups is 2. The first-order valence-electron chi connectivity index (χ1n) is 8.50. The molecule has 0 bridgehead atoms. The number of amides is 1. The number of nitrogens with one attached hydrogen (secondary N) is 2. The highest BCUT2D eigenvalue weighted by molar-refractivity contribution is 5.99. The Hall–Kier alpha value is -3.15. The molecule has 0 saturated heterocycles. The Morgan fingerprint density at radius 3 is 2.77 bits per heavy atom. The van der Waals surface area contributed by atoms with Gasteiger partial charge in [-0.05, 0) is 55.7 Å². The van der Waals surface area contributed by atoms with Crippen molar-refractivity contribution in [2.24, 2.45) is 0 Å². The van der Waals surface area contributed by atoms with Crippen LogP contribution in [0.25, 0.3) is 11.0 Å². The molecule has 0 fully saturated rings. The van der Waals surface area contributed by atoms with Gasteiger partial charge in [0.2, 0.25) is 0 Å². The Balaban J connectivity index is 1.72. The fraction of sp³-hybridized carbons (Fsp3) is 0.250. The van der Waals surface area contributed by atoms with Crippen molar-refractivity contribution in [3.63, 3.8) is 0 Å². The van der Waals surface area contributed by atoms with Crippen LogP contribution in [0.5, 0.6) is 0 Å². The molecule has 2 aromatic carbocycles. The van der Waals surface area contributed by atoms with Crippen LogP contribution in [0.1, 0.15) is 34.8 Å². The van der Waals surface area contributed by atoms with Crippen LogP contribution in [0.2, 0.25) is 0 Å². The summed E-state index contributed by atoms with van der Waals surface area (Å²) in [5.41, 5.74) is 4.61. The molecule has 0 aliphatic heterocycles. The van der Waals surface area contributed by atoms with Gasteiger partial charge in [0, 0.05) is 5.69 Å². The predicted octanol–water partition coefficient (Wildman–Crippen LogP) is 3.75. The average Bonchev–Trinajstić information content (AvgIpc) is 3.10. The van der Waals surface area contributed by atoms with Gasteiger partial charge in [-0.15, -0.1) is 0 Å². The molecule has 3 rings (SSSR count). The van der Waals surface area contributed by atoms with Crippen LogP contribution in [0, 0.1) is 13.8 Å². The number of fused-ring (bicyclic) bond motifs is 1. The number of carbonyl (C=O) groups excluding carboxylic acids is 2. The molecular formula is C20H21N3O3. The second-order valence-corrected chi connectivity index (χ2v) is 6.24. The van der Waals surface area contributed by atoms with Gasteiger partial charge in [-0.1, -0.05) is 19.1 Å². The molecule has 6 heteroatoms. The molecule has 1 aromatic heterocycles. The zero-order chi connectivity index (χ0) is 18.7. The topological polar surface area (TPSA) is 84.1 Å². The molecule has 26 heavy (non-hydrogen) atoms. The van der Waals surface area contributed by atoms with E-state index in [4.69, 9.17) is 4.74 Å². The average molecular weight is 351 g/mol. The number of nitrogens with zero attached hydrogens (tertiary/aromatic N) is 1. The maximum Gasteiger partial charge on any atom is 0.338 e. The summed E-state index contributed by atoms with van der Waals surface area (Å²) in [6, 6.07) is 10.9. The van der Waals surface area contributed by atoms with E-state index in [1.54, 1.807) is 31.5 Å². The zero-order valence-electron chi connectivity index (χ0n) is 15.0. The van der Waals surface area contributed by atoms with E-state index in [2.05, 4.69) is 15.3 Å². The van der Waals surface area contributed by atoms with Gasteiger partial charge in [0.05, 0.1) is 22.9 Å². The van der Waals surface area contributed by atoms with E-state index >= 15 is 0 Å². The molecule has 2 N–H and O–H groups in total. The first kappa shape index (κ1) is 17.7. The van der Waals surface area contributed by atoms with Gasteiger partial charge in [0.25, 0.3) is 5.91 Å². The Morgan fingerprint density at radius 1 is 1.19 bits per heavy atom. The fourth-order valence-corrected chi connectivity index (χ4v) is 2.67. The molecule has 0 radical (unpaired) electrons. The lowest BCUT2D eigenvalue weighted by molar-refractivity contribution is -0.124. The monoisotopic (exact) mass is 351 g/mol. The summed E-state index contributed by atoms with van der Waals surface area (Å²) in [5, 5.41) is 2.85. The van der Waals surface area contributed by atoms with Crippen LogP contribution >= 0.6 is 0 Å². The third-order valence-electron chi connectivity index (χ3n) is 4.22. The minimum absolute atomic E-state index is 0.336. The molecule has 1 atom stereocenters. The largest absolute Gasteiger partial charge is 0.449 e. The second-order valence-electron chi connectivity index (χ2n) is 6.24. The summed E-state index contributed by atoms with van der Waals surface area (Å²) in [6.45, 7) is 5.68. The number of anilines is 1. The minimum Gasteiger partial charge on any atom is -0.449 e. The number of esters is 1. The zero-order valence-corrected chi connectivity index (χ0v) is 15.0. The Bertz CT molecular complexity index is 962. The summed E-state index contributed by atoms with van der Waals surface area (Å²) in [6.07, 6.45) is 1.08. The van der Waals surface area contributed by atoms with Crippen molar-refractivity contribution in [2.75, 3.05) is 5.32 Å². The maximum atomic E-state index is 12.5. The number of aromatic amines is 1. The van der Waals surface area contributed by atoms with Crippen LogP contribution in [0.4, 0.5) is 5.69 Å².